The molecular weight excluding hydrogens is 346 g/mol. The van der Waals surface area contributed by atoms with Crippen LogP contribution in [0, 0.1) is 0 Å². The highest BCUT2D eigenvalue weighted by Gasteiger charge is 2.19. The van der Waals surface area contributed by atoms with E-state index in [0.717, 1.165) is 0 Å². The van der Waals surface area contributed by atoms with Crippen LogP contribution in [0.5, 0.6) is 11.5 Å². The van der Waals surface area contributed by atoms with E-state index >= 15 is 0 Å². The molecular formula is C15H23ClF2N2O4. The van der Waals surface area contributed by atoms with Gasteiger partial charge in [0.15, 0.2) is 11.5 Å². The van der Waals surface area contributed by atoms with Crippen LogP contribution in [0.3, 0.4) is 0 Å². The van der Waals surface area contributed by atoms with Crippen LogP contribution < -0.4 is 15.2 Å². The summed E-state index contributed by atoms with van der Waals surface area (Å²) in [4.78, 5) is 13.5. The molecule has 1 unspecified atom stereocenters. The number of carbonyl (C=O) groups excluding carboxylic acids is 1. The average molecular weight is 369 g/mol. The van der Waals surface area contributed by atoms with Crippen molar-refractivity contribution in [3.05, 3.63) is 23.8 Å². The third-order valence-electron chi connectivity index (χ3n) is 2.98. The number of carbonyl (C=O) groups is 1. The van der Waals surface area contributed by atoms with Gasteiger partial charge in [-0.25, -0.2) is 0 Å². The van der Waals surface area contributed by atoms with Crippen molar-refractivity contribution in [3.8, 4) is 11.5 Å². The quantitative estimate of drug-likeness (QED) is 0.722. The second-order valence-electron chi connectivity index (χ2n) is 4.85. The molecule has 1 aromatic carbocycles. The van der Waals surface area contributed by atoms with Crippen molar-refractivity contribution >= 4 is 18.3 Å². The first-order valence-corrected chi connectivity index (χ1v) is 7.09. The van der Waals surface area contributed by atoms with E-state index in [1.54, 1.807) is 26.1 Å². The maximum atomic E-state index is 12.4. The van der Waals surface area contributed by atoms with Gasteiger partial charge in [-0.05, 0) is 24.6 Å². The normalized spacial score (nSPS) is 11.6. The molecule has 1 aromatic rings. The highest BCUT2D eigenvalue weighted by Crippen LogP contribution is 2.30. The maximum absolute atomic E-state index is 12.4. The summed E-state index contributed by atoms with van der Waals surface area (Å²) in [6.07, 6.45) is 0. The smallest absolute Gasteiger partial charge is 0.387 e. The summed E-state index contributed by atoms with van der Waals surface area (Å²) in [5.41, 5.74) is 6.40. The standard InChI is InChI=1S/C15H22F2N2O4.ClH/c1-4-22-13-7-10(5-6-12(13)23-15(16)17)8-19(2)14(20)11(18)9-21-3;/h5-7,11,15H,4,8-9,18H2,1-3H3;1H. The number of likely N-dealkylation sites (N-methyl/N-ethyl adjacent to an activating group) is 1. The number of rotatable bonds is 9. The molecule has 0 heterocycles. The van der Waals surface area contributed by atoms with Crippen molar-refractivity contribution in [2.45, 2.75) is 26.1 Å². The number of nitrogens with two attached hydrogens (primary N) is 1. The van der Waals surface area contributed by atoms with Crippen LogP contribution in [0.15, 0.2) is 18.2 Å². The van der Waals surface area contributed by atoms with Gasteiger partial charge < -0.3 is 24.8 Å². The largest absolute Gasteiger partial charge is 0.490 e. The van der Waals surface area contributed by atoms with Crippen molar-refractivity contribution in [1.82, 2.24) is 4.90 Å². The second kappa shape index (κ2) is 11.0. The molecule has 138 valence electrons. The summed E-state index contributed by atoms with van der Waals surface area (Å²) in [5, 5.41) is 0. The number of alkyl halides is 2. The van der Waals surface area contributed by atoms with Crippen molar-refractivity contribution in [2.75, 3.05) is 27.4 Å². The Morgan fingerprint density at radius 3 is 2.54 bits per heavy atom. The number of ether oxygens (including phenoxy) is 3. The molecule has 0 spiro atoms. The zero-order valence-corrected chi connectivity index (χ0v) is 14.6. The van der Waals surface area contributed by atoms with Gasteiger partial charge in [-0.1, -0.05) is 6.07 Å². The topological polar surface area (TPSA) is 74.0 Å². The van der Waals surface area contributed by atoms with Crippen LogP contribution in [0.1, 0.15) is 12.5 Å². The molecule has 0 aliphatic heterocycles. The predicted molar refractivity (Wildman–Crippen MR) is 87.8 cm³/mol. The van der Waals surface area contributed by atoms with Crippen LogP contribution in [-0.4, -0.2) is 50.8 Å². The Bertz CT molecular complexity index is 520. The highest BCUT2D eigenvalue weighted by molar-refractivity contribution is 5.85. The molecule has 0 aliphatic rings. The molecule has 6 nitrogen and oxygen atoms in total. The van der Waals surface area contributed by atoms with Crippen molar-refractivity contribution < 1.29 is 27.8 Å². The van der Waals surface area contributed by atoms with Crippen LogP contribution in [-0.2, 0) is 16.1 Å². The summed E-state index contributed by atoms with van der Waals surface area (Å²) < 4.78 is 39.3. The lowest BCUT2D eigenvalue weighted by Gasteiger charge is -2.21. The minimum atomic E-state index is -2.93. The first-order valence-electron chi connectivity index (χ1n) is 7.09. The first kappa shape index (κ1) is 22.4. The minimum absolute atomic E-state index is 0. The van der Waals surface area contributed by atoms with Crippen LogP contribution >= 0.6 is 12.4 Å². The number of amides is 1. The van der Waals surface area contributed by atoms with Gasteiger partial charge >= 0.3 is 6.61 Å². The minimum Gasteiger partial charge on any atom is -0.490 e. The Hall–Kier alpha value is -1.64. The fourth-order valence-electron chi connectivity index (χ4n) is 2.00. The monoisotopic (exact) mass is 368 g/mol. The van der Waals surface area contributed by atoms with Crippen molar-refractivity contribution in [1.29, 1.82) is 0 Å². The lowest BCUT2D eigenvalue weighted by atomic mass is 10.1. The van der Waals surface area contributed by atoms with Crippen LogP contribution in [0.25, 0.3) is 0 Å². The summed E-state index contributed by atoms with van der Waals surface area (Å²) in [6.45, 7) is -0.523. The Morgan fingerprint density at radius 2 is 2.00 bits per heavy atom. The summed E-state index contributed by atoms with van der Waals surface area (Å²) in [5.74, 6) is -0.124. The van der Waals surface area contributed by atoms with Crippen molar-refractivity contribution in [3.63, 3.8) is 0 Å². The number of halogens is 3. The Morgan fingerprint density at radius 1 is 1.33 bits per heavy atom. The molecule has 24 heavy (non-hydrogen) atoms. The number of nitrogens with zero attached hydrogens (tertiary/aromatic N) is 1. The third kappa shape index (κ3) is 6.86. The predicted octanol–water partition coefficient (Wildman–Crippen LogP) is 2.04. The molecule has 1 amide bonds. The lowest BCUT2D eigenvalue weighted by Crippen LogP contribution is -2.44. The fraction of sp³-hybridized carbons (Fsp3) is 0.533. The SMILES string of the molecule is CCOc1cc(CN(C)C(=O)C(N)COC)ccc1OC(F)F.Cl. The average Bonchev–Trinajstić information content (AvgIpc) is 2.49. The molecule has 1 atom stereocenters. The van der Waals surface area contributed by atoms with E-state index in [4.69, 9.17) is 15.2 Å². The molecule has 0 aliphatic carbocycles. The van der Waals surface area contributed by atoms with Crippen LogP contribution in [0.4, 0.5) is 8.78 Å². The Balaban J connectivity index is 0.00000529. The van der Waals surface area contributed by atoms with E-state index in [1.807, 2.05) is 0 Å². The molecule has 0 saturated carbocycles. The molecule has 0 aromatic heterocycles. The Labute approximate surface area is 146 Å². The molecule has 0 radical (unpaired) electrons. The molecule has 0 fully saturated rings. The van der Waals surface area contributed by atoms with Crippen molar-refractivity contribution in [2.24, 2.45) is 5.73 Å². The first-order chi connectivity index (χ1) is 10.9. The van der Waals surface area contributed by atoms with E-state index in [9.17, 15) is 13.6 Å². The zero-order valence-electron chi connectivity index (χ0n) is 13.8. The summed E-state index contributed by atoms with van der Waals surface area (Å²) >= 11 is 0. The fourth-order valence-corrected chi connectivity index (χ4v) is 2.00. The summed E-state index contributed by atoms with van der Waals surface area (Å²) in [7, 11) is 3.06. The van der Waals surface area contributed by atoms with E-state index in [2.05, 4.69) is 4.74 Å². The number of methoxy groups -OCH3 is 1. The summed E-state index contributed by atoms with van der Waals surface area (Å²) in [6, 6.07) is 3.79. The van der Waals surface area contributed by atoms with Gasteiger partial charge in [0.1, 0.15) is 6.04 Å². The second-order valence-corrected chi connectivity index (χ2v) is 4.85. The third-order valence-corrected chi connectivity index (χ3v) is 2.98. The van der Waals surface area contributed by atoms with Gasteiger partial charge in [0.25, 0.3) is 0 Å². The molecule has 1 rings (SSSR count). The van der Waals surface area contributed by atoms with Gasteiger partial charge in [-0.3, -0.25) is 4.79 Å². The number of benzene rings is 1. The van der Waals surface area contributed by atoms with E-state index in [1.165, 1.54) is 18.1 Å². The molecule has 9 heteroatoms. The Kier molecular flexibility index (Phi) is 10.3. The van der Waals surface area contributed by atoms with Gasteiger partial charge in [-0.15, -0.1) is 12.4 Å². The zero-order chi connectivity index (χ0) is 17.4. The van der Waals surface area contributed by atoms with Gasteiger partial charge in [0.05, 0.1) is 13.2 Å². The lowest BCUT2D eigenvalue weighted by molar-refractivity contribution is -0.133. The number of hydrogen-bond donors (Lipinski definition) is 1. The van der Waals surface area contributed by atoms with E-state index in [-0.39, 0.29) is 43.0 Å². The maximum Gasteiger partial charge on any atom is 0.387 e. The van der Waals surface area contributed by atoms with Gasteiger partial charge in [0.2, 0.25) is 5.91 Å². The van der Waals surface area contributed by atoms with E-state index in [0.29, 0.717) is 12.2 Å². The molecule has 0 saturated heterocycles. The highest BCUT2D eigenvalue weighted by atomic mass is 35.5. The van der Waals surface area contributed by atoms with Gasteiger partial charge in [-0.2, -0.15) is 8.78 Å². The number of hydrogen-bond acceptors (Lipinski definition) is 5. The van der Waals surface area contributed by atoms with Gasteiger partial charge in [0, 0.05) is 20.7 Å². The molecule has 2 N–H and O–H groups in total. The van der Waals surface area contributed by atoms with E-state index < -0.39 is 12.7 Å². The van der Waals surface area contributed by atoms with Crippen LogP contribution in [0.2, 0.25) is 0 Å². The molecule has 0 bridgehead atoms.